The fraction of sp³-hybridized carbons (Fsp3) is 0.600. The van der Waals surface area contributed by atoms with Crippen LogP contribution in [0.25, 0.3) is 0 Å². The predicted molar refractivity (Wildman–Crippen MR) is 72.4 cm³/mol. The van der Waals surface area contributed by atoms with Crippen LogP contribution in [0.1, 0.15) is 58.6 Å². The minimum atomic E-state index is 0.249. The third-order valence-corrected chi connectivity index (χ3v) is 2.23. The maximum atomic E-state index is 5.68. The largest absolute Gasteiger partial charge is 0.491 e. The number of ether oxygens (including phenoxy) is 1. The fourth-order valence-electron chi connectivity index (χ4n) is 1.42. The molecule has 92 valence electrons. The Morgan fingerprint density at radius 2 is 1.56 bits per heavy atom. The summed E-state index contributed by atoms with van der Waals surface area (Å²) in [5, 5.41) is 0. The van der Waals surface area contributed by atoms with Crippen molar-refractivity contribution in [1.29, 1.82) is 0 Å². The topological polar surface area (TPSA) is 9.23 Å². The number of rotatable bonds is 3. The Bertz CT molecular complexity index is 300. The first kappa shape index (κ1) is 15.0. The molecule has 0 spiro atoms. The first-order valence-corrected chi connectivity index (χ1v) is 6.28. The lowest BCUT2D eigenvalue weighted by Gasteiger charge is -2.14. The molecule has 0 unspecified atom stereocenters. The fourth-order valence-corrected chi connectivity index (χ4v) is 1.42. The van der Waals surface area contributed by atoms with Gasteiger partial charge in [0.2, 0.25) is 0 Å². The van der Waals surface area contributed by atoms with Gasteiger partial charge in [0, 0.05) is 0 Å². The lowest BCUT2D eigenvalue weighted by Crippen LogP contribution is -2.06. The van der Waals surface area contributed by atoms with E-state index >= 15 is 0 Å². The highest BCUT2D eigenvalue weighted by Crippen LogP contribution is 2.24. The van der Waals surface area contributed by atoms with Gasteiger partial charge in [0.1, 0.15) is 5.75 Å². The molecule has 1 aromatic carbocycles. The number of benzene rings is 1. The molecule has 0 saturated heterocycles. The van der Waals surface area contributed by atoms with Crippen molar-refractivity contribution < 1.29 is 4.74 Å². The summed E-state index contributed by atoms with van der Waals surface area (Å²) in [4.78, 5) is 0. The zero-order chi connectivity index (χ0) is 12.7. The average molecular weight is 222 g/mol. The molecule has 0 atom stereocenters. The van der Waals surface area contributed by atoms with Gasteiger partial charge in [-0.3, -0.25) is 0 Å². The van der Waals surface area contributed by atoms with E-state index in [-0.39, 0.29) is 6.10 Å². The summed E-state index contributed by atoms with van der Waals surface area (Å²) in [5.74, 6) is 1.59. The number of hydrogen-bond acceptors (Lipinski definition) is 1. The minimum absolute atomic E-state index is 0.249. The van der Waals surface area contributed by atoms with Gasteiger partial charge in [-0.05, 0) is 43.9 Å². The molecular formula is C15H26O. The molecular weight excluding hydrogens is 196 g/mol. The maximum Gasteiger partial charge on any atom is 0.122 e. The Kier molecular flexibility index (Phi) is 6.87. The molecule has 16 heavy (non-hydrogen) atoms. The molecule has 0 aliphatic carbocycles. The van der Waals surface area contributed by atoms with Gasteiger partial charge in [-0.15, -0.1) is 0 Å². The van der Waals surface area contributed by atoms with Crippen molar-refractivity contribution >= 4 is 0 Å². The van der Waals surface area contributed by atoms with Crippen molar-refractivity contribution in [1.82, 2.24) is 0 Å². The van der Waals surface area contributed by atoms with Crippen molar-refractivity contribution in [2.75, 3.05) is 0 Å². The van der Waals surface area contributed by atoms with Crippen LogP contribution in [-0.2, 0) is 0 Å². The summed E-state index contributed by atoms with van der Waals surface area (Å²) < 4.78 is 5.68. The van der Waals surface area contributed by atoms with Gasteiger partial charge < -0.3 is 4.74 Å². The Morgan fingerprint density at radius 3 is 1.94 bits per heavy atom. The molecule has 0 heterocycles. The van der Waals surface area contributed by atoms with E-state index in [0.29, 0.717) is 5.92 Å². The first-order chi connectivity index (χ1) is 7.50. The zero-order valence-corrected chi connectivity index (χ0v) is 11.8. The molecule has 1 aromatic rings. The molecule has 1 rings (SSSR count). The summed E-state index contributed by atoms with van der Waals surface area (Å²) in [6, 6.07) is 6.43. The van der Waals surface area contributed by atoms with E-state index in [2.05, 4.69) is 52.8 Å². The highest BCUT2D eigenvalue weighted by Gasteiger charge is 2.05. The summed E-state index contributed by atoms with van der Waals surface area (Å²) in [6.45, 7) is 14.6. The highest BCUT2D eigenvalue weighted by molar-refractivity contribution is 5.37. The van der Waals surface area contributed by atoms with Crippen LogP contribution in [0.5, 0.6) is 5.75 Å². The lowest BCUT2D eigenvalue weighted by atomic mass is 10.0. The average Bonchev–Trinajstić information content (AvgIpc) is 2.23. The Labute approximate surface area is 101 Å². The van der Waals surface area contributed by atoms with Gasteiger partial charge in [-0.25, -0.2) is 0 Å². The van der Waals surface area contributed by atoms with E-state index in [1.807, 2.05) is 13.8 Å². The van der Waals surface area contributed by atoms with Crippen molar-refractivity contribution in [2.24, 2.45) is 0 Å². The van der Waals surface area contributed by atoms with Crippen LogP contribution in [0.2, 0.25) is 0 Å². The molecule has 0 radical (unpaired) electrons. The first-order valence-electron chi connectivity index (χ1n) is 6.28. The molecule has 0 fully saturated rings. The van der Waals surface area contributed by atoms with Crippen LogP contribution >= 0.6 is 0 Å². The predicted octanol–water partition coefficient (Wildman–Crippen LogP) is 4.93. The van der Waals surface area contributed by atoms with E-state index in [1.54, 1.807) is 0 Å². The lowest BCUT2D eigenvalue weighted by molar-refractivity contribution is 0.240. The van der Waals surface area contributed by atoms with E-state index in [0.717, 1.165) is 5.75 Å². The molecule has 0 bridgehead atoms. The van der Waals surface area contributed by atoms with Crippen molar-refractivity contribution in [3.8, 4) is 5.75 Å². The molecule has 1 heteroatoms. The second-order valence-electron chi connectivity index (χ2n) is 4.35. The standard InChI is InChI=1S/C13H20O.C2H6/c1-9(2)12-6-7-13(11(5)8-12)14-10(3)4;1-2/h6-10H,1-5H3;1-2H3. The van der Waals surface area contributed by atoms with Gasteiger partial charge >= 0.3 is 0 Å². The monoisotopic (exact) mass is 222 g/mol. The van der Waals surface area contributed by atoms with Crippen molar-refractivity contribution in [3.63, 3.8) is 0 Å². The maximum absolute atomic E-state index is 5.68. The van der Waals surface area contributed by atoms with Crippen LogP contribution in [0.3, 0.4) is 0 Å². The SMILES string of the molecule is CC.Cc1cc(C(C)C)ccc1OC(C)C. The Balaban J connectivity index is 0.00000106. The minimum Gasteiger partial charge on any atom is -0.491 e. The van der Waals surface area contributed by atoms with Gasteiger partial charge in [0.05, 0.1) is 6.10 Å². The molecule has 1 nitrogen and oxygen atoms in total. The third kappa shape index (κ3) is 4.69. The smallest absolute Gasteiger partial charge is 0.122 e. The summed E-state index contributed by atoms with van der Waals surface area (Å²) >= 11 is 0. The highest BCUT2D eigenvalue weighted by atomic mass is 16.5. The summed E-state index contributed by atoms with van der Waals surface area (Å²) in [5.41, 5.74) is 2.60. The van der Waals surface area contributed by atoms with E-state index in [4.69, 9.17) is 4.74 Å². The van der Waals surface area contributed by atoms with Crippen LogP contribution in [0.4, 0.5) is 0 Å². The molecule has 0 aromatic heterocycles. The second-order valence-corrected chi connectivity index (χ2v) is 4.35. The molecule has 0 aliphatic rings. The van der Waals surface area contributed by atoms with Crippen LogP contribution in [0.15, 0.2) is 18.2 Å². The normalized spacial score (nSPS) is 10.1. The van der Waals surface area contributed by atoms with E-state index < -0.39 is 0 Å². The van der Waals surface area contributed by atoms with E-state index in [1.165, 1.54) is 11.1 Å². The van der Waals surface area contributed by atoms with Crippen molar-refractivity contribution in [3.05, 3.63) is 29.3 Å². The quantitative estimate of drug-likeness (QED) is 0.704. The van der Waals surface area contributed by atoms with Gasteiger partial charge in [-0.2, -0.15) is 0 Å². The second kappa shape index (κ2) is 7.32. The number of hydrogen-bond donors (Lipinski definition) is 0. The molecule has 0 aliphatic heterocycles. The Morgan fingerprint density at radius 1 is 1.00 bits per heavy atom. The number of aryl methyl sites for hydroxylation is 1. The Hall–Kier alpha value is -0.980. The summed E-state index contributed by atoms with van der Waals surface area (Å²) in [7, 11) is 0. The van der Waals surface area contributed by atoms with Crippen LogP contribution < -0.4 is 4.74 Å². The van der Waals surface area contributed by atoms with Crippen molar-refractivity contribution in [2.45, 2.75) is 60.5 Å². The molecule has 0 N–H and O–H groups in total. The van der Waals surface area contributed by atoms with E-state index in [9.17, 15) is 0 Å². The van der Waals surface area contributed by atoms with Gasteiger partial charge in [0.15, 0.2) is 0 Å². The van der Waals surface area contributed by atoms with Crippen LogP contribution in [0, 0.1) is 6.92 Å². The zero-order valence-electron chi connectivity index (χ0n) is 11.8. The van der Waals surface area contributed by atoms with Gasteiger partial charge in [0.25, 0.3) is 0 Å². The van der Waals surface area contributed by atoms with Gasteiger partial charge in [-0.1, -0.05) is 39.8 Å². The van der Waals surface area contributed by atoms with Crippen LogP contribution in [-0.4, -0.2) is 6.10 Å². The third-order valence-electron chi connectivity index (χ3n) is 2.23. The molecule has 0 saturated carbocycles. The summed E-state index contributed by atoms with van der Waals surface area (Å²) in [6.07, 6.45) is 0.249. The molecule has 0 amide bonds.